The minimum Gasteiger partial charge on any atom is -0.444 e. The van der Waals surface area contributed by atoms with E-state index < -0.39 is 41.6 Å². The van der Waals surface area contributed by atoms with Crippen LogP contribution in [0, 0.1) is 0 Å². The molecule has 1 aromatic carbocycles. The van der Waals surface area contributed by atoms with Gasteiger partial charge in [0.2, 0.25) is 5.91 Å². The SMILES string of the molecule is CC(C)(C)OC(=O)N1CC[C@H](ON)[C@@H](N2CCCC(Nc3cc(Cl)cc(C(F)(F)F)c3)C2=O)C1. The smallest absolute Gasteiger partial charge is 0.416 e. The molecule has 2 fully saturated rings. The number of hydrogen-bond acceptors (Lipinski definition) is 6. The highest BCUT2D eigenvalue weighted by molar-refractivity contribution is 6.31. The van der Waals surface area contributed by atoms with E-state index in [-0.39, 0.29) is 23.2 Å². The van der Waals surface area contributed by atoms with Gasteiger partial charge in [-0.2, -0.15) is 13.2 Å². The van der Waals surface area contributed by atoms with Crippen molar-refractivity contribution in [1.82, 2.24) is 9.80 Å². The third-order valence-electron chi connectivity index (χ3n) is 5.79. The van der Waals surface area contributed by atoms with E-state index in [2.05, 4.69) is 5.32 Å². The first kappa shape index (κ1) is 26.4. The number of amides is 2. The lowest BCUT2D eigenvalue weighted by molar-refractivity contribution is -0.144. The summed E-state index contributed by atoms with van der Waals surface area (Å²) in [6.45, 7) is 6.24. The van der Waals surface area contributed by atoms with Crippen molar-refractivity contribution in [2.24, 2.45) is 5.90 Å². The van der Waals surface area contributed by atoms with E-state index in [1.807, 2.05) is 0 Å². The number of alkyl halides is 3. The van der Waals surface area contributed by atoms with Gasteiger partial charge >= 0.3 is 12.3 Å². The number of piperidine rings is 2. The number of anilines is 1. The Bertz CT molecular complexity index is 909. The predicted octanol–water partition coefficient (Wildman–Crippen LogP) is 4.03. The summed E-state index contributed by atoms with van der Waals surface area (Å²) >= 11 is 5.87. The highest BCUT2D eigenvalue weighted by Gasteiger charge is 2.42. The minimum absolute atomic E-state index is 0.0886. The third-order valence-corrected chi connectivity index (χ3v) is 6.00. The number of nitrogens with one attached hydrogen (secondary N) is 1. The number of nitrogens with zero attached hydrogens (tertiary/aromatic N) is 2. The van der Waals surface area contributed by atoms with Gasteiger partial charge < -0.3 is 19.9 Å². The Kier molecular flexibility index (Phi) is 7.89. The Labute approximate surface area is 201 Å². The molecule has 0 saturated carbocycles. The molecule has 190 valence electrons. The fraction of sp³-hybridized carbons (Fsp3) is 0.636. The van der Waals surface area contributed by atoms with Crippen molar-refractivity contribution < 1.29 is 32.3 Å². The topological polar surface area (TPSA) is 97.1 Å². The fourth-order valence-corrected chi connectivity index (χ4v) is 4.50. The summed E-state index contributed by atoms with van der Waals surface area (Å²) in [5.74, 6) is 5.18. The number of ether oxygens (including phenoxy) is 1. The molecule has 3 rings (SSSR count). The van der Waals surface area contributed by atoms with Gasteiger partial charge in [-0.15, -0.1) is 0 Å². The largest absolute Gasteiger partial charge is 0.444 e. The molecule has 0 aromatic heterocycles. The number of carbonyl (C=O) groups is 2. The van der Waals surface area contributed by atoms with Crippen molar-refractivity contribution in [1.29, 1.82) is 0 Å². The maximum atomic E-state index is 13.3. The Morgan fingerprint density at radius 1 is 1.18 bits per heavy atom. The summed E-state index contributed by atoms with van der Waals surface area (Å²) in [6, 6.07) is 1.82. The molecule has 2 saturated heterocycles. The summed E-state index contributed by atoms with van der Waals surface area (Å²) in [5, 5.41) is 2.81. The van der Waals surface area contributed by atoms with Gasteiger partial charge in [0.25, 0.3) is 0 Å². The summed E-state index contributed by atoms with van der Waals surface area (Å²) in [5.41, 5.74) is -1.47. The van der Waals surface area contributed by atoms with Gasteiger partial charge in [-0.3, -0.25) is 9.63 Å². The lowest BCUT2D eigenvalue weighted by Gasteiger charge is -2.45. The molecule has 2 aliphatic rings. The summed E-state index contributed by atoms with van der Waals surface area (Å²) in [7, 11) is 0. The fourth-order valence-electron chi connectivity index (χ4n) is 4.26. The van der Waals surface area contributed by atoms with Crippen LogP contribution in [0.25, 0.3) is 0 Å². The second-order valence-electron chi connectivity index (χ2n) is 9.55. The molecule has 0 aliphatic carbocycles. The number of carbonyl (C=O) groups excluding carboxylic acids is 2. The molecule has 0 spiro atoms. The molecular formula is C22H30ClF3N4O4. The zero-order valence-electron chi connectivity index (χ0n) is 19.3. The summed E-state index contributed by atoms with van der Waals surface area (Å²) in [4.78, 5) is 34.1. The van der Waals surface area contributed by atoms with Crippen molar-refractivity contribution >= 4 is 29.3 Å². The van der Waals surface area contributed by atoms with E-state index in [4.69, 9.17) is 27.1 Å². The average molecular weight is 507 g/mol. The number of hydrogen-bond donors (Lipinski definition) is 2. The van der Waals surface area contributed by atoms with E-state index in [0.717, 1.165) is 12.1 Å². The molecule has 34 heavy (non-hydrogen) atoms. The molecule has 12 heteroatoms. The quantitative estimate of drug-likeness (QED) is 0.598. The molecule has 0 radical (unpaired) electrons. The van der Waals surface area contributed by atoms with Crippen molar-refractivity contribution in [3.8, 4) is 0 Å². The molecule has 1 aromatic rings. The molecule has 3 atom stereocenters. The van der Waals surface area contributed by atoms with Gasteiger partial charge in [0.05, 0.1) is 11.6 Å². The van der Waals surface area contributed by atoms with Crippen molar-refractivity contribution in [3.63, 3.8) is 0 Å². The molecular weight excluding hydrogens is 477 g/mol. The zero-order valence-corrected chi connectivity index (χ0v) is 20.1. The highest BCUT2D eigenvalue weighted by Crippen LogP contribution is 2.34. The van der Waals surface area contributed by atoms with Crippen LogP contribution < -0.4 is 11.2 Å². The normalized spacial score (nSPS) is 24.2. The molecule has 2 aliphatic heterocycles. The van der Waals surface area contributed by atoms with Gasteiger partial charge in [-0.05, 0) is 58.2 Å². The zero-order chi connectivity index (χ0) is 25.3. The van der Waals surface area contributed by atoms with Gasteiger partial charge in [-0.25, -0.2) is 10.7 Å². The maximum Gasteiger partial charge on any atom is 0.416 e. The minimum atomic E-state index is -4.57. The van der Waals surface area contributed by atoms with Crippen LogP contribution in [-0.2, 0) is 20.5 Å². The van der Waals surface area contributed by atoms with Crippen molar-refractivity contribution in [2.45, 2.75) is 70.0 Å². The number of rotatable bonds is 4. The van der Waals surface area contributed by atoms with Gasteiger partial charge in [0.15, 0.2) is 0 Å². The monoisotopic (exact) mass is 506 g/mol. The van der Waals surface area contributed by atoms with Crippen LogP contribution in [0.3, 0.4) is 0 Å². The Morgan fingerprint density at radius 2 is 1.88 bits per heavy atom. The standard InChI is InChI=1S/C22H30ClF3N4O4/c1-21(2,3)33-20(32)29-8-6-18(34-27)17(12-29)30-7-4-5-16(19(30)31)28-15-10-13(22(24,25)26)9-14(23)11-15/h9-11,16-18,28H,4-8,12,27H2,1-3H3/t16?,17-,18-/m0/s1. The maximum absolute atomic E-state index is 13.3. The van der Waals surface area contributed by atoms with Crippen LogP contribution in [0.5, 0.6) is 0 Å². The van der Waals surface area contributed by atoms with Crippen LogP contribution in [-0.4, -0.2) is 65.2 Å². The molecule has 8 nitrogen and oxygen atoms in total. The van der Waals surface area contributed by atoms with E-state index in [9.17, 15) is 22.8 Å². The van der Waals surface area contributed by atoms with Gasteiger partial charge in [-0.1, -0.05) is 11.6 Å². The van der Waals surface area contributed by atoms with E-state index in [0.29, 0.717) is 32.4 Å². The van der Waals surface area contributed by atoms with Gasteiger partial charge in [0, 0.05) is 30.3 Å². The van der Waals surface area contributed by atoms with E-state index in [1.165, 1.54) is 11.0 Å². The van der Waals surface area contributed by atoms with Gasteiger partial charge in [0.1, 0.15) is 17.7 Å². The van der Waals surface area contributed by atoms with Crippen LogP contribution >= 0.6 is 11.6 Å². The average Bonchev–Trinajstić information content (AvgIpc) is 2.72. The van der Waals surface area contributed by atoms with Crippen LogP contribution in [0.4, 0.5) is 23.7 Å². The molecule has 0 bridgehead atoms. The Balaban J connectivity index is 1.76. The van der Waals surface area contributed by atoms with Crippen LogP contribution in [0.1, 0.15) is 45.6 Å². The first-order chi connectivity index (χ1) is 15.8. The van der Waals surface area contributed by atoms with E-state index >= 15 is 0 Å². The first-order valence-electron chi connectivity index (χ1n) is 11.1. The molecule has 2 heterocycles. The molecule has 1 unspecified atom stereocenters. The first-order valence-corrected chi connectivity index (χ1v) is 11.4. The van der Waals surface area contributed by atoms with Crippen LogP contribution in [0.2, 0.25) is 5.02 Å². The number of benzene rings is 1. The summed E-state index contributed by atoms with van der Waals surface area (Å²) in [6.07, 6.45) is -4.11. The highest BCUT2D eigenvalue weighted by atomic mass is 35.5. The molecule has 3 N–H and O–H groups in total. The van der Waals surface area contributed by atoms with Crippen LogP contribution in [0.15, 0.2) is 18.2 Å². The number of halogens is 4. The molecule has 2 amide bonds. The lowest BCUT2D eigenvalue weighted by atomic mass is 9.95. The van der Waals surface area contributed by atoms with E-state index in [1.54, 1.807) is 25.7 Å². The number of likely N-dealkylation sites (tertiary alicyclic amines) is 2. The Hall–Kier alpha value is -2.24. The lowest BCUT2D eigenvalue weighted by Crippen LogP contribution is -2.62. The second-order valence-corrected chi connectivity index (χ2v) is 9.99. The number of nitrogens with two attached hydrogens (primary N) is 1. The second kappa shape index (κ2) is 10.2. The predicted molar refractivity (Wildman–Crippen MR) is 120 cm³/mol. The van der Waals surface area contributed by atoms with Crippen molar-refractivity contribution in [3.05, 3.63) is 28.8 Å². The summed E-state index contributed by atoms with van der Waals surface area (Å²) < 4.78 is 44.9. The Morgan fingerprint density at radius 3 is 2.50 bits per heavy atom. The van der Waals surface area contributed by atoms with Crippen molar-refractivity contribution in [2.75, 3.05) is 25.0 Å². The third kappa shape index (κ3) is 6.45.